The summed E-state index contributed by atoms with van der Waals surface area (Å²) in [6, 6.07) is 21.3. The maximum Gasteiger partial charge on any atom is 0.251 e. The molecule has 1 unspecified atom stereocenters. The van der Waals surface area contributed by atoms with E-state index in [-0.39, 0.29) is 55.0 Å². The number of anilines is 1. The van der Waals surface area contributed by atoms with Crippen LogP contribution in [0.15, 0.2) is 66.7 Å². The number of amides is 4. The number of ether oxygens (including phenoxy) is 2. The van der Waals surface area contributed by atoms with Gasteiger partial charge in [-0.25, -0.2) is 0 Å². The number of likely N-dealkylation sites (tertiary alicyclic amines) is 1. The van der Waals surface area contributed by atoms with Gasteiger partial charge < -0.3 is 40.7 Å². The summed E-state index contributed by atoms with van der Waals surface area (Å²) in [7, 11) is 0. The number of rotatable bonds is 18. The monoisotopic (exact) mass is 881 g/mol. The summed E-state index contributed by atoms with van der Waals surface area (Å²) < 4.78 is 12.0. The Morgan fingerprint density at radius 2 is 1.62 bits per heavy atom. The van der Waals surface area contributed by atoms with E-state index < -0.39 is 41.3 Å². The van der Waals surface area contributed by atoms with Crippen LogP contribution in [0.1, 0.15) is 101 Å². The molecule has 1 saturated carbocycles. The summed E-state index contributed by atoms with van der Waals surface area (Å²) in [4.78, 5) is 54.7. The second-order valence-corrected chi connectivity index (χ2v) is 19.1. The second-order valence-electron chi connectivity index (χ2n) is 18.7. The highest BCUT2D eigenvalue weighted by Gasteiger charge is 2.64. The number of carbonyl (C=O) groups is 4. The van der Waals surface area contributed by atoms with E-state index in [1.165, 1.54) is 4.90 Å². The third-order valence-electron chi connectivity index (χ3n) is 11.9. The van der Waals surface area contributed by atoms with Crippen molar-refractivity contribution in [3.05, 3.63) is 94.0 Å². The minimum absolute atomic E-state index is 0.0278. The maximum atomic E-state index is 13.8. The molecule has 1 heterocycles. The average Bonchev–Trinajstić information content (AvgIpc) is 3.65. The predicted molar refractivity (Wildman–Crippen MR) is 240 cm³/mol. The summed E-state index contributed by atoms with van der Waals surface area (Å²) in [5.41, 5.74) is 1.66. The molecule has 3 aromatic carbocycles. The summed E-state index contributed by atoms with van der Waals surface area (Å²) in [6.45, 7) is 14.7. The molecule has 1 aliphatic heterocycles. The zero-order valence-electron chi connectivity index (χ0n) is 37.2. The van der Waals surface area contributed by atoms with Crippen molar-refractivity contribution >= 4 is 40.9 Å². The summed E-state index contributed by atoms with van der Waals surface area (Å²) in [6.07, 6.45) is 1.42. The molecule has 3 atom stereocenters. The van der Waals surface area contributed by atoms with Crippen molar-refractivity contribution in [2.24, 2.45) is 16.2 Å². The lowest BCUT2D eigenvalue weighted by atomic mass is 9.49. The minimum atomic E-state index is -0.958. The van der Waals surface area contributed by atoms with Crippen LogP contribution in [0.25, 0.3) is 0 Å². The average molecular weight is 883 g/mol. The minimum Gasteiger partial charge on any atom is -0.489 e. The Bertz CT molecular complexity index is 2180. The number of aliphatic hydroxyl groups excluding tert-OH is 1. The third-order valence-corrected chi connectivity index (χ3v) is 12.3. The lowest BCUT2D eigenvalue weighted by molar-refractivity contribution is -0.164. The highest BCUT2D eigenvalue weighted by atomic mass is 35.5. The first-order valence-corrected chi connectivity index (χ1v) is 21.8. The fourth-order valence-electron chi connectivity index (χ4n) is 8.78. The molecular weight excluding hydrogens is 822 g/mol. The predicted octanol–water partition coefficient (Wildman–Crippen LogP) is 6.10. The Morgan fingerprint density at radius 3 is 2.24 bits per heavy atom. The van der Waals surface area contributed by atoms with Gasteiger partial charge in [0.15, 0.2) is 0 Å². The molecule has 1 aliphatic carbocycles. The Hall–Kier alpha value is -5.67. The van der Waals surface area contributed by atoms with Gasteiger partial charge >= 0.3 is 0 Å². The number of hydrogen-bond acceptors (Lipinski definition) is 10. The van der Waals surface area contributed by atoms with Gasteiger partial charge in [-0.05, 0) is 78.8 Å². The van der Waals surface area contributed by atoms with Gasteiger partial charge in [-0.1, -0.05) is 72.2 Å². The van der Waals surface area contributed by atoms with Crippen molar-refractivity contribution < 1.29 is 33.8 Å². The lowest BCUT2D eigenvalue weighted by Gasteiger charge is -2.63. The normalized spacial score (nSPS) is 20.3. The van der Waals surface area contributed by atoms with E-state index in [1.54, 1.807) is 54.6 Å². The Kier molecular flexibility index (Phi) is 15.9. The molecule has 4 amide bonds. The van der Waals surface area contributed by atoms with Gasteiger partial charge in [0.25, 0.3) is 5.91 Å². The van der Waals surface area contributed by atoms with Gasteiger partial charge in [0.05, 0.1) is 28.3 Å². The van der Waals surface area contributed by atoms with Crippen molar-refractivity contribution in [3.63, 3.8) is 0 Å². The zero-order chi connectivity index (χ0) is 46.1. The molecule has 0 radical (unpaired) electrons. The first-order valence-electron chi connectivity index (χ1n) is 21.4. The molecule has 2 aliphatic rings. The number of nitriles is 2. The Labute approximate surface area is 375 Å². The van der Waals surface area contributed by atoms with E-state index in [4.69, 9.17) is 26.3 Å². The number of halogens is 1. The molecule has 5 rings (SSSR count). The number of nitrogens with one attached hydrogen (secondary N) is 4. The lowest BCUT2D eigenvalue weighted by Crippen LogP contribution is -2.74. The Morgan fingerprint density at radius 1 is 0.937 bits per heavy atom. The van der Waals surface area contributed by atoms with Crippen LogP contribution < -0.4 is 26.0 Å². The molecule has 3 aromatic rings. The molecule has 336 valence electrons. The van der Waals surface area contributed by atoms with Crippen LogP contribution in [-0.4, -0.2) is 90.3 Å². The van der Waals surface area contributed by atoms with E-state index >= 15 is 0 Å². The van der Waals surface area contributed by atoms with Crippen LogP contribution in [0.2, 0.25) is 5.02 Å². The van der Waals surface area contributed by atoms with Crippen LogP contribution in [0.4, 0.5) is 5.69 Å². The Balaban J connectivity index is 0.991. The fraction of sp³-hybridized carbons (Fsp3) is 0.500. The molecule has 0 spiro atoms. The van der Waals surface area contributed by atoms with Gasteiger partial charge in [-0.15, -0.1) is 0 Å². The SMILES string of the molecule is CC(C)(C)C(NC(=O)COCCCCCNc1ccc(C(=O)NC2C(C)(C)C(Oc3ccc(C#N)c(Cl)c3)C2(C)C)cc1)C(=O)N1C[C@H](O)C[C@H]1C(=O)NCc1ccc(C#N)cc1. The van der Waals surface area contributed by atoms with Gasteiger partial charge in [-0.3, -0.25) is 19.2 Å². The third kappa shape index (κ3) is 12.1. The first-order chi connectivity index (χ1) is 29.8. The summed E-state index contributed by atoms with van der Waals surface area (Å²) >= 11 is 6.23. The second kappa shape index (κ2) is 20.7. The quantitative estimate of drug-likeness (QED) is 0.0928. The van der Waals surface area contributed by atoms with E-state index in [0.717, 1.165) is 30.5 Å². The molecule has 63 heavy (non-hydrogen) atoms. The largest absolute Gasteiger partial charge is 0.489 e. The molecule has 14 nitrogen and oxygen atoms in total. The van der Waals surface area contributed by atoms with Crippen molar-refractivity contribution in [2.75, 3.05) is 31.6 Å². The smallest absolute Gasteiger partial charge is 0.251 e. The van der Waals surface area contributed by atoms with Gasteiger partial charge in [0, 0.05) is 66.9 Å². The van der Waals surface area contributed by atoms with Gasteiger partial charge in [0.1, 0.15) is 36.6 Å². The zero-order valence-corrected chi connectivity index (χ0v) is 38.0. The van der Waals surface area contributed by atoms with E-state index in [0.29, 0.717) is 40.6 Å². The van der Waals surface area contributed by atoms with Crippen molar-refractivity contribution in [1.82, 2.24) is 20.9 Å². The molecular formula is C48H60ClN7O7. The number of aliphatic hydroxyl groups is 1. The standard InChI is InChI=1S/C48H60ClN7O7/c1-46(2,3)40(43(61)56-28-35(57)23-38(56)42(60)53-27-31-13-11-30(25-50)12-14-31)54-39(58)29-62-22-10-8-9-21-52-34-18-15-32(16-19-34)41(59)55-44-47(4,5)45(48(44,6)7)63-36-20-17-33(26-51)37(49)24-36/h11-20,24,35,38,40,44-45,52,57H,8-10,21-23,27-29H2,1-7H3,(H,53,60)(H,54,58)(H,55,59)/t35-,38+,40?,44?,45?/m1/s1. The number of benzene rings is 3. The molecule has 2 fully saturated rings. The van der Waals surface area contributed by atoms with E-state index in [1.807, 2.05) is 32.9 Å². The highest BCUT2D eigenvalue weighted by molar-refractivity contribution is 6.31. The highest BCUT2D eigenvalue weighted by Crippen LogP contribution is 2.55. The van der Waals surface area contributed by atoms with Crippen molar-refractivity contribution in [1.29, 1.82) is 10.5 Å². The van der Waals surface area contributed by atoms with Gasteiger partial charge in [0.2, 0.25) is 17.7 Å². The fourth-order valence-corrected chi connectivity index (χ4v) is 8.99. The van der Waals surface area contributed by atoms with Crippen LogP contribution >= 0.6 is 11.6 Å². The number of β-amino-alcohol motifs (C(OH)–C–C–N with tert-alkyl or cyclic N) is 1. The number of hydrogen-bond donors (Lipinski definition) is 5. The summed E-state index contributed by atoms with van der Waals surface area (Å²) in [5.74, 6) is -0.904. The van der Waals surface area contributed by atoms with Crippen molar-refractivity contribution in [3.8, 4) is 17.9 Å². The number of carbonyl (C=O) groups excluding carboxylic acids is 4. The van der Waals surface area contributed by atoms with Crippen molar-refractivity contribution in [2.45, 2.75) is 111 Å². The molecule has 5 N–H and O–H groups in total. The van der Waals surface area contributed by atoms with E-state index in [9.17, 15) is 29.5 Å². The number of nitrogens with zero attached hydrogens (tertiary/aromatic N) is 3. The van der Waals surface area contributed by atoms with Crippen LogP contribution in [0.3, 0.4) is 0 Å². The molecule has 0 bridgehead atoms. The number of unbranched alkanes of at least 4 members (excludes halogenated alkanes) is 2. The van der Waals surface area contributed by atoms with Crippen LogP contribution in [-0.2, 0) is 25.7 Å². The molecule has 15 heteroatoms. The molecule has 0 aromatic heterocycles. The van der Waals surface area contributed by atoms with Gasteiger partial charge in [-0.2, -0.15) is 10.5 Å². The van der Waals surface area contributed by atoms with E-state index in [2.05, 4.69) is 61.1 Å². The summed E-state index contributed by atoms with van der Waals surface area (Å²) in [5, 5.41) is 41.2. The maximum absolute atomic E-state index is 13.8. The molecule has 1 saturated heterocycles. The van der Waals surface area contributed by atoms with Crippen LogP contribution in [0, 0.1) is 38.9 Å². The van der Waals surface area contributed by atoms with Crippen LogP contribution in [0.5, 0.6) is 5.75 Å². The first kappa shape index (κ1) is 48.4. The topological polar surface area (TPSA) is 206 Å².